The zero-order valence-electron chi connectivity index (χ0n) is 12.3. The van der Waals surface area contributed by atoms with Crippen LogP contribution in [-0.2, 0) is 0 Å². The van der Waals surface area contributed by atoms with Gasteiger partial charge in [0, 0.05) is 24.3 Å². The number of piperidine rings is 1. The van der Waals surface area contributed by atoms with E-state index in [4.69, 9.17) is 0 Å². The summed E-state index contributed by atoms with van der Waals surface area (Å²) in [5.74, 6) is -1.13. The van der Waals surface area contributed by atoms with Gasteiger partial charge in [-0.1, -0.05) is 6.92 Å². The molecule has 0 aliphatic carbocycles. The molecule has 0 amide bonds. The van der Waals surface area contributed by atoms with Crippen LogP contribution in [0.25, 0.3) is 0 Å². The third-order valence-corrected chi connectivity index (χ3v) is 4.20. The smallest absolute Gasteiger partial charge is 0.336 e. The zero-order valence-corrected chi connectivity index (χ0v) is 12.3. The number of carboxylic acid groups (broad SMARTS) is 1. The fourth-order valence-corrected chi connectivity index (χ4v) is 3.04. The predicted octanol–water partition coefficient (Wildman–Crippen LogP) is 3.37. The van der Waals surface area contributed by atoms with E-state index >= 15 is 0 Å². The van der Waals surface area contributed by atoms with Crippen molar-refractivity contribution in [3.05, 3.63) is 33.4 Å². The molecule has 1 unspecified atom stereocenters. The molecule has 1 heterocycles. The van der Waals surface area contributed by atoms with Gasteiger partial charge in [0.25, 0.3) is 5.69 Å². The molecule has 0 aromatic heterocycles. The lowest BCUT2D eigenvalue weighted by molar-refractivity contribution is -0.385. The normalized spacial score (nSPS) is 18.6. The lowest BCUT2D eigenvalue weighted by atomic mass is 9.97. The van der Waals surface area contributed by atoms with Crippen molar-refractivity contribution >= 4 is 17.3 Å². The van der Waals surface area contributed by atoms with Gasteiger partial charge in [-0.2, -0.15) is 0 Å². The maximum atomic E-state index is 11.2. The molecule has 114 valence electrons. The molecular formula is C15H20N2O4. The van der Waals surface area contributed by atoms with E-state index < -0.39 is 10.9 Å². The number of anilines is 1. The van der Waals surface area contributed by atoms with Crippen molar-refractivity contribution in [3.63, 3.8) is 0 Å². The van der Waals surface area contributed by atoms with E-state index in [1.807, 2.05) is 0 Å². The molecule has 1 saturated heterocycles. The van der Waals surface area contributed by atoms with Gasteiger partial charge >= 0.3 is 5.97 Å². The summed E-state index contributed by atoms with van der Waals surface area (Å²) in [6.07, 6.45) is 4.17. The first-order chi connectivity index (χ1) is 9.95. The van der Waals surface area contributed by atoms with Gasteiger partial charge in [0.1, 0.15) is 0 Å². The predicted molar refractivity (Wildman–Crippen MR) is 80.1 cm³/mol. The van der Waals surface area contributed by atoms with Gasteiger partial charge in [0.2, 0.25) is 0 Å². The van der Waals surface area contributed by atoms with Crippen molar-refractivity contribution in [2.24, 2.45) is 0 Å². The Morgan fingerprint density at radius 2 is 2.19 bits per heavy atom. The number of nitro benzene ring substituents is 1. The first-order valence-electron chi connectivity index (χ1n) is 7.24. The quantitative estimate of drug-likeness (QED) is 0.679. The summed E-state index contributed by atoms with van der Waals surface area (Å²) in [7, 11) is 0. The highest BCUT2D eigenvalue weighted by Crippen LogP contribution is 2.34. The number of nitro groups is 1. The molecule has 1 aliphatic rings. The largest absolute Gasteiger partial charge is 0.478 e. The Labute approximate surface area is 123 Å². The van der Waals surface area contributed by atoms with Crippen LogP contribution in [0.1, 0.15) is 48.5 Å². The topological polar surface area (TPSA) is 83.7 Å². The molecule has 1 fully saturated rings. The van der Waals surface area contributed by atoms with Gasteiger partial charge in [-0.15, -0.1) is 0 Å². The van der Waals surface area contributed by atoms with Gasteiger partial charge < -0.3 is 10.0 Å². The van der Waals surface area contributed by atoms with Crippen LogP contribution in [0.5, 0.6) is 0 Å². The van der Waals surface area contributed by atoms with Crippen molar-refractivity contribution in [1.29, 1.82) is 0 Å². The molecule has 2 rings (SSSR count). The van der Waals surface area contributed by atoms with Crippen LogP contribution >= 0.6 is 0 Å². The highest BCUT2D eigenvalue weighted by Gasteiger charge is 2.27. The van der Waals surface area contributed by atoms with Crippen LogP contribution < -0.4 is 4.90 Å². The van der Waals surface area contributed by atoms with Crippen molar-refractivity contribution in [1.82, 2.24) is 0 Å². The van der Waals surface area contributed by atoms with Crippen LogP contribution in [0.3, 0.4) is 0 Å². The lowest BCUT2D eigenvalue weighted by Crippen LogP contribution is -2.39. The van der Waals surface area contributed by atoms with Gasteiger partial charge in [-0.3, -0.25) is 10.1 Å². The molecular weight excluding hydrogens is 272 g/mol. The monoisotopic (exact) mass is 292 g/mol. The van der Waals surface area contributed by atoms with E-state index in [-0.39, 0.29) is 11.3 Å². The molecule has 6 heteroatoms. The fraction of sp³-hybridized carbons (Fsp3) is 0.533. The fourth-order valence-electron chi connectivity index (χ4n) is 3.04. The first-order valence-corrected chi connectivity index (χ1v) is 7.24. The number of hydrogen-bond acceptors (Lipinski definition) is 4. The molecule has 21 heavy (non-hydrogen) atoms. The van der Waals surface area contributed by atoms with Crippen LogP contribution in [0.4, 0.5) is 11.4 Å². The number of rotatable bonds is 4. The minimum absolute atomic E-state index is 0.0253. The Morgan fingerprint density at radius 3 is 2.76 bits per heavy atom. The summed E-state index contributed by atoms with van der Waals surface area (Å²) in [6.45, 7) is 4.60. The third kappa shape index (κ3) is 2.99. The van der Waals surface area contributed by atoms with E-state index in [1.165, 1.54) is 0 Å². The van der Waals surface area contributed by atoms with Gasteiger partial charge in [-0.05, 0) is 38.7 Å². The van der Waals surface area contributed by atoms with Crippen LogP contribution in [0, 0.1) is 17.0 Å². The molecule has 0 saturated carbocycles. The summed E-state index contributed by atoms with van der Waals surface area (Å²) in [4.78, 5) is 24.0. The van der Waals surface area contributed by atoms with Crippen LogP contribution in [0.15, 0.2) is 12.1 Å². The summed E-state index contributed by atoms with van der Waals surface area (Å²) >= 11 is 0. The molecule has 0 spiro atoms. The first kappa shape index (κ1) is 15.3. The maximum absolute atomic E-state index is 11.2. The Bertz CT molecular complexity index is 571. The number of carbonyl (C=O) groups is 1. The van der Waals surface area contributed by atoms with E-state index in [2.05, 4.69) is 11.8 Å². The second-order valence-electron chi connectivity index (χ2n) is 5.45. The molecule has 0 radical (unpaired) electrons. The Morgan fingerprint density at radius 1 is 1.48 bits per heavy atom. The molecule has 1 aromatic carbocycles. The van der Waals surface area contributed by atoms with E-state index in [1.54, 1.807) is 13.0 Å². The van der Waals surface area contributed by atoms with Gasteiger partial charge in [0.05, 0.1) is 16.1 Å². The average Bonchev–Trinajstić information content (AvgIpc) is 2.46. The van der Waals surface area contributed by atoms with Crippen LogP contribution in [0.2, 0.25) is 0 Å². The minimum atomic E-state index is -1.13. The maximum Gasteiger partial charge on any atom is 0.336 e. The molecule has 1 atom stereocenters. The van der Waals surface area contributed by atoms with E-state index in [0.29, 0.717) is 17.3 Å². The second kappa shape index (κ2) is 6.11. The Balaban J connectivity index is 2.55. The highest BCUT2D eigenvalue weighted by molar-refractivity contribution is 5.90. The zero-order chi connectivity index (χ0) is 15.6. The van der Waals surface area contributed by atoms with Crippen molar-refractivity contribution in [3.8, 4) is 0 Å². The van der Waals surface area contributed by atoms with E-state index in [9.17, 15) is 20.0 Å². The summed E-state index contributed by atoms with van der Waals surface area (Å²) in [5, 5.41) is 20.4. The van der Waals surface area contributed by atoms with Crippen LogP contribution in [-0.4, -0.2) is 28.6 Å². The van der Waals surface area contributed by atoms with Gasteiger partial charge in [-0.25, -0.2) is 4.79 Å². The summed E-state index contributed by atoms with van der Waals surface area (Å²) in [6, 6.07) is 3.03. The summed E-state index contributed by atoms with van der Waals surface area (Å²) < 4.78 is 0. The highest BCUT2D eigenvalue weighted by atomic mass is 16.6. The Hall–Kier alpha value is -2.11. The average molecular weight is 292 g/mol. The molecule has 1 N–H and O–H groups in total. The number of hydrogen-bond donors (Lipinski definition) is 1. The standard InChI is InChI=1S/C15H20N2O4/c1-3-12-6-4-5-7-16(12)13-8-11(15(18)19)9-14(10(13)2)17(20)21/h8-9,12H,3-7H2,1-2H3,(H,18,19). The van der Waals surface area contributed by atoms with Crippen molar-refractivity contribution < 1.29 is 14.8 Å². The minimum Gasteiger partial charge on any atom is -0.478 e. The van der Waals surface area contributed by atoms with Crippen molar-refractivity contribution in [2.45, 2.75) is 45.6 Å². The SMILES string of the molecule is CCC1CCCCN1c1cc(C(=O)O)cc([N+](=O)[O-])c1C. The number of nitrogens with zero attached hydrogens (tertiary/aromatic N) is 2. The molecule has 6 nitrogen and oxygen atoms in total. The second-order valence-corrected chi connectivity index (χ2v) is 5.45. The van der Waals surface area contributed by atoms with Gasteiger partial charge in [0.15, 0.2) is 0 Å². The molecule has 0 bridgehead atoms. The lowest BCUT2D eigenvalue weighted by Gasteiger charge is -2.38. The van der Waals surface area contributed by atoms with E-state index in [0.717, 1.165) is 38.3 Å². The number of benzene rings is 1. The molecule has 1 aromatic rings. The van der Waals surface area contributed by atoms with Crippen molar-refractivity contribution in [2.75, 3.05) is 11.4 Å². The number of aromatic carboxylic acids is 1. The third-order valence-electron chi connectivity index (χ3n) is 4.20. The summed E-state index contributed by atoms with van der Waals surface area (Å²) in [5.41, 5.74) is 1.09. The number of carboxylic acids is 1. The Kier molecular flexibility index (Phi) is 4.45. The molecule has 1 aliphatic heterocycles.